The van der Waals surface area contributed by atoms with Crippen LogP contribution >= 0.6 is 0 Å². The molecule has 0 saturated carbocycles. The monoisotopic (exact) mass is 266 g/mol. The largest absolute Gasteiger partial charge is 0.496 e. The molecule has 0 spiro atoms. The normalized spacial score (nSPS) is 10.3. The Hall–Kier alpha value is -2.57. The molecule has 0 radical (unpaired) electrons. The minimum atomic E-state index is -0.456. The maximum absolute atomic E-state index is 11.7. The number of hydrogen-bond donors (Lipinski definition) is 3. The van der Waals surface area contributed by atoms with Crippen molar-refractivity contribution in [2.45, 2.75) is 0 Å². The fourth-order valence-electron chi connectivity index (χ4n) is 1.82. The van der Waals surface area contributed by atoms with Gasteiger partial charge in [0, 0.05) is 11.6 Å². The van der Waals surface area contributed by atoms with E-state index in [0.29, 0.717) is 22.8 Å². The van der Waals surface area contributed by atoms with Crippen LogP contribution in [0.5, 0.6) is 23.1 Å². The summed E-state index contributed by atoms with van der Waals surface area (Å²) in [5.41, 5.74) is 0.0287. The van der Waals surface area contributed by atoms with Crippen molar-refractivity contribution in [3.05, 3.63) is 22.5 Å². The van der Waals surface area contributed by atoms with Gasteiger partial charge in [-0.25, -0.2) is 0 Å². The number of benzene rings is 1. The van der Waals surface area contributed by atoms with Gasteiger partial charge < -0.3 is 19.3 Å². The van der Waals surface area contributed by atoms with Crippen LogP contribution in [0.15, 0.2) is 16.9 Å². The van der Waals surface area contributed by atoms with Gasteiger partial charge in [0.15, 0.2) is 11.5 Å². The van der Waals surface area contributed by atoms with Crippen LogP contribution in [0.1, 0.15) is 0 Å². The predicted octanol–water partition coefficient (Wildman–Crippen LogP) is 1.10. The van der Waals surface area contributed by atoms with Crippen LogP contribution in [0.3, 0.4) is 0 Å². The molecule has 1 heterocycles. The third kappa shape index (κ3) is 2.10. The van der Waals surface area contributed by atoms with Crippen molar-refractivity contribution in [3.8, 4) is 34.3 Å². The zero-order valence-electron chi connectivity index (χ0n) is 10.7. The van der Waals surface area contributed by atoms with E-state index in [-0.39, 0.29) is 11.4 Å². The van der Waals surface area contributed by atoms with Crippen molar-refractivity contribution in [3.63, 3.8) is 0 Å². The molecular weight excluding hydrogens is 252 g/mol. The Morgan fingerprint density at radius 3 is 2.00 bits per heavy atom. The quantitative estimate of drug-likeness (QED) is 0.770. The van der Waals surface area contributed by atoms with Crippen molar-refractivity contribution in [1.29, 1.82) is 0 Å². The van der Waals surface area contributed by atoms with E-state index in [2.05, 4.69) is 10.2 Å². The van der Waals surface area contributed by atoms with Crippen LogP contribution in [-0.4, -0.2) is 36.6 Å². The Labute approximate surface area is 108 Å². The number of ether oxygens (including phenoxy) is 3. The molecule has 0 bridgehead atoms. The number of methoxy groups -OCH3 is 3. The highest BCUT2D eigenvalue weighted by Gasteiger charge is 2.19. The number of nitrogens with one attached hydrogen (secondary N) is 2. The summed E-state index contributed by atoms with van der Waals surface area (Å²) < 4.78 is 15.5. The lowest BCUT2D eigenvalue weighted by atomic mass is 10.1. The second-order valence-electron chi connectivity index (χ2n) is 3.71. The summed E-state index contributed by atoms with van der Waals surface area (Å²) in [5.74, 6) is 1.02. The number of aromatic nitrogens is 2. The summed E-state index contributed by atoms with van der Waals surface area (Å²) in [5, 5.41) is 14.3. The lowest BCUT2D eigenvalue weighted by Crippen LogP contribution is -2.03. The van der Waals surface area contributed by atoms with Gasteiger partial charge >= 0.3 is 0 Å². The van der Waals surface area contributed by atoms with Crippen LogP contribution in [0.4, 0.5) is 0 Å². The van der Waals surface area contributed by atoms with Crippen LogP contribution < -0.4 is 19.8 Å². The Morgan fingerprint density at radius 2 is 1.53 bits per heavy atom. The third-order valence-electron chi connectivity index (χ3n) is 2.73. The highest BCUT2D eigenvalue weighted by Crippen LogP contribution is 2.40. The van der Waals surface area contributed by atoms with E-state index in [1.807, 2.05) is 0 Å². The lowest BCUT2D eigenvalue weighted by Gasteiger charge is -2.13. The summed E-state index contributed by atoms with van der Waals surface area (Å²) in [7, 11) is 4.44. The van der Waals surface area contributed by atoms with E-state index in [1.54, 1.807) is 12.1 Å². The average molecular weight is 266 g/mol. The van der Waals surface area contributed by atoms with Gasteiger partial charge in [0.2, 0.25) is 5.88 Å². The summed E-state index contributed by atoms with van der Waals surface area (Å²) in [4.78, 5) is 11.7. The average Bonchev–Trinajstić information content (AvgIpc) is 2.76. The van der Waals surface area contributed by atoms with Crippen LogP contribution in [0.25, 0.3) is 11.1 Å². The summed E-state index contributed by atoms with van der Waals surface area (Å²) in [6.07, 6.45) is 0. The summed E-state index contributed by atoms with van der Waals surface area (Å²) in [6.45, 7) is 0. The fraction of sp³-hybridized carbons (Fsp3) is 0.250. The zero-order chi connectivity index (χ0) is 14.0. The first kappa shape index (κ1) is 12.9. The summed E-state index contributed by atoms with van der Waals surface area (Å²) in [6, 6.07) is 3.15. The Morgan fingerprint density at radius 1 is 0.947 bits per heavy atom. The van der Waals surface area contributed by atoms with Crippen molar-refractivity contribution >= 4 is 0 Å². The highest BCUT2D eigenvalue weighted by molar-refractivity contribution is 5.76. The molecule has 0 fully saturated rings. The standard InChI is InChI=1S/C12H14N2O5/c1-17-7-5-9(19-3)8(18-2)4-6(7)10-11(15)13-14-12(10)16/h4-5H,1-3H3,(H3,13,14,15,16). The molecule has 19 heavy (non-hydrogen) atoms. The number of rotatable bonds is 4. The van der Waals surface area contributed by atoms with Crippen molar-refractivity contribution in [1.82, 2.24) is 10.2 Å². The van der Waals surface area contributed by atoms with E-state index >= 15 is 0 Å². The van der Waals surface area contributed by atoms with E-state index in [1.165, 1.54) is 21.3 Å². The number of aromatic hydroxyl groups is 1. The van der Waals surface area contributed by atoms with E-state index in [4.69, 9.17) is 14.2 Å². The number of H-pyrrole nitrogens is 2. The fourth-order valence-corrected chi connectivity index (χ4v) is 1.82. The lowest BCUT2D eigenvalue weighted by molar-refractivity contribution is 0.349. The molecule has 0 aliphatic heterocycles. The van der Waals surface area contributed by atoms with Gasteiger partial charge in [-0.2, -0.15) is 0 Å². The molecular formula is C12H14N2O5. The molecule has 2 aromatic rings. The third-order valence-corrected chi connectivity index (χ3v) is 2.73. The Balaban J connectivity index is 2.72. The minimum Gasteiger partial charge on any atom is -0.496 e. The van der Waals surface area contributed by atoms with Crippen LogP contribution in [0, 0.1) is 0 Å². The Bertz CT molecular complexity index is 644. The second-order valence-corrected chi connectivity index (χ2v) is 3.71. The number of hydrogen-bond acceptors (Lipinski definition) is 5. The molecule has 2 rings (SSSR count). The van der Waals surface area contributed by atoms with Gasteiger partial charge in [-0.3, -0.25) is 15.0 Å². The van der Waals surface area contributed by atoms with E-state index in [9.17, 15) is 9.90 Å². The minimum absolute atomic E-state index is 0.0813. The molecule has 1 aromatic heterocycles. The smallest absolute Gasteiger partial charge is 0.275 e. The molecule has 1 aromatic carbocycles. The molecule has 102 valence electrons. The molecule has 7 nitrogen and oxygen atoms in total. The topological polar surface area (TPSA) is 96.6 Å². The molecule has 0 unspecified atom stereocenters. The SMILES string of the molecule is COc1cc(OC)c(-c2c(O)[nH][nH]c2=O)cc1OC. The molecule has 0 amide bonds. The molecule has 0 aliphatic carbocycles. The van der Waals surface area contributed by atoms with Crippen molar-refractivity contribution in [2.75, 3.05) is 21.3 Å². The molecule has 7 heteroatoms. The first-order valence-electron chi connectivity index (χ1n) is 5.42. The zero-order valence-corrected chi connectivity index (χ0v) is 10.7. The molecule has 3 N–H and O–H groups in total. The van der Waals surface area contributed by atoms with E-state index < -0.39 is 5.56 Å². The van der Waals surface area contributed by atoms with Gasteiger partial charge in [-0.15, -0.1) is 0 Å². The van der Waals surface area contributed by atoms with E-state index in [0.717, 1.165) is 0 Å². The Kier molecular flexibility index (Phi) is 3.37. The molecule has 0 atom stereocenters. The molecule has 0 saturated heterocycles. The van der Waals surface area contributed by atoms with Gasteiger partial charge in [0.25, 0.3) is 5.56 Å². The van der Waals surface area contributed by atoms with Crippen molar-refractivity contribution < 1.29 is 19.3 Å². The van der Waals surface area contributed by atoms with Crippen LogP contribution in [-0.2, 0) is 0 Å². The number of aromatic amines is 2. The van der Waals surface area contributed by atoms with Gasteiger partial charge in [0.1, 0.15) is 11.3 Å². The first-order chi connectivity index (χ1) is 9.12. The maximum Gasteiger partial charge on any atom is 0.275 e. The van der Waals surface area contributed by atoms with Crippen LogP contribution in [0.2, 0.25) is 0 Å². The van der Waals surface area contributed by atoms with Gasteiger partial charge in [-0.05, 0) is 6.07 Å². The first-order valence-corrected chi connectivity index (χ1v) is 5.42. The van der Waals surface area contributed by atoms with Gasteiger partial charge in [-0.1, -0.05) is 0 Å². The van der Waals surface area contributed by atoms with Gasteiger partial charge in [0.05, 0.1) is 21.3 Å². The maximum atomic E-state index is 11.7. The second kappa shape index (κ2) is 4.97. The summed E-state index contributed by atoms with van der Waals surface area (Å²) >= 11 is 0. The highest BCUT2D eigenvalue weighted by atomic mass is 16.5. The molecule has 0 aliphatic rings. The van der Waals surface area contributed by atoms with Crippen molar-refractivity contribution in [2.24, 2.45) is 0 Å². The predicted molar refractivity (Wildman–Crippen MR) is 68.2 cm³/mol.